The lowest BCUT2D eigenvalue weighted by atomic mass is 10.1. The van der Waals surface area contributed by atoms with E-state index in [9.17, 15) is 22.0 Å². The second kappa shape index (κ2) is 20.2. The van der Waals surface area contributed by atoms with Gasteiger partial charge in [0.2, 0.25) is 11.9 Å². The summed E-state index contributed by atoms with van der Waals surface area (Å²) in [6.07, 6.45) is 2.60. The van der Waals surface area contributed by atoms with Crippen molar-refractivity contribution in [1.29, 1.82) is 0 Å². The highest BCUT2D eigenvalue weighted by Crippen LogP contribution is 2.32. The van der Waals surface area contributed by atoms with Crippen LogP contribution in [0.25, 0.3) is 11.4 Å². The topological polar surface area (TPSA) is 131 Å². The molecular weight excluding hydrogens is 922 g/mol. The quantitative estimate of drug-likeness (QED) is 0.156. The SMILES string of the molecule is Cc1cc(Br)c(F)c(N2CCN(C3COC3)CC2)c1.Cc1cc(Nc2ncn(-c3cc(F)cc(F)c3)n2)c(F)c(N2CCN(C3COC3)CC2)c1.Nc1ncn(-c2cc(F)cc(F)c2)n1. The molecule has 6 aromatic rings. The van der Waals surface area contributed by atoms with Gasteiger partial charge in [-0.15, -0.1) is 10.2 Å². The van der Waals surface area contributed by atoms with E-state index in [-0.39, 0.29) is 40.6 Å². The summed E-state index contributed by atoms with van der Waals surface area (Å²) in [6.45, 7) is 14.1. The number of benzene rings is 4. The summed E-state index contributed by atoms with van der Waals surface area (Å²) in [5, 5.41) is 10.8. The van der Waals surface area contributed by atoms with Crippen molar-refractivity contribution in [2.75, 3.05) is 99.6 Å². The molecule has 0 aliphatic carbocycles. The van der Waals surface area contributed by atoms with E-state index < -0.39 is 23.3 Å². The molecule has 4 aliphatic rings. The lowest BCUT2D eigenvalue weighted by Crippen LogP contribution is -2.56. The van der Waals surface area contributed by atoms with Crippen LogP contribution in [0.2, 0.25) is 0 Å². The van der Waals surface area contributed by atoms with Crippen LogP contribution in [-0.4, -0.2) is 130 Å². The van der Waals surface area contributed by atoms with Crippen LogP contribution >= 0.6 is 15.9 Å². The van der Waals surface area contributed by atoms with Gasteiger partial charge in [0.1, 0.15) is 35.9 Å². The number of halogens is 7. The summed E-state index contributed by atoms with van der Waals surface area (Å²) >= 11 is 3.29. The first-order valence-electron chi connectivity index (χ1n) is 20.9. The van der Waals surface area contributed by atoms with E-state index >= 15 is 4.39 Å². The molecule has 344 valence electrons. The Morgan fingerprint density at radius 3 is 1.46 bits per heavy atom. The molecule has 0 spiro atoms. The predicted molar refractivity (Wildman–Crippen MR) is 237 cm³/mol. The number of rotatable bonds is 8. The molecule has 0 unspecified atom stereocenters. The molecule has 4 aromatic carbocycles. The summed E-state index contributed by atoms with van der Waals surface area (Å²) in [5.74, 6) is -3.14. The zero-order valence-corrected chi connectivity index (χ0v) is 37.2. The van der Waals surface area contributed by atoms with Gasteiger partial charge in [-0.25, -0.2) is 40.7 Å². The Morgan fingerprint density at radius 1 is 0.569 bits per heavy atom. The third-order valence-electron chi connectivity index (χ3n) is 11.4. The van der Waals surface area contributed by atoms with Crippen LogP contribution in [-0.2, 0) is 9.47 Å². The summed E-state index contributed by atoms with van der Waals surface area (Å²) < 4.78 is 95.6. The number of nitrogens with two attached hydrogens (primary N) is 1. The standard InChI is InChI=1S/C22H23F3N6O.C14H18BrFN2O.C8H6F2N4/c1-14-6-19(27-22-26-13-31(28-22)17-9-15(23)8-16(24)10-17)21(25)20(7-14)30-4-2-29(3-5-30)18-11-32-12-18;1-10-6-12(15)14(16)13(7-10)18-4-2-17(3-5-18)11-8-19-9-11;9-5-1-6(10)3-7(2-5)14-4-12-8(11)13-14/h6-10,13,18H,2-5,11-12H2,1H3,(H,27,28);6-7,11H,2-5,8-9H2,1H3;1-4H,(H2,11,13). The van der Waals surface area contributed by atoms with Gasteiger partial charge < -0.3 is 30.3 Å². The van der Waals surface area contributed by atoms with Gasteiger partial charge in [-0.3, -0.25) is 9.80 Å². The van der Waals surface area contributed by atoms with Crippen LogP contribution in [0.3, 0.4) is 0 Å². The number of hydrogen-bond acceptors (Lipinski definition) is 12. The number of nitrogen functional groups attached to an aromatic ring is 1. The highest BCUT2D eigenvalue weighted by atomic mass is 79.9. The zero-order chi connectivity index (χ0) is 45.8. The van der Waals surface area contributed by atoms with E-state index in [1.807, 2.05) is 36.9 Å². The number of aromatic nitrogens is 6. The molecule has 0 amide bonds. The van der Waals surface area contributed by atoms with E-state index in [0.717, 1.165) is 132 Å². The molecule has 4 fully saturated rings. The molecular formula is C44H47BrF6N12O2. The van der Waals surface area contributed by atoms with Crippen LogP contribution < -0.4 is 20.9 Å². The van der Waals surface area contributed by atoms with Crippen molar-refractivity contribution in [3.05, 3.63) is 124 Å². The Balaban J connectivity index is 0.000000147. The molecule has 2 aromatic heterocycles. The Morgan fingerprint density at radius 2 is 1.02 bits per heavy atom. The molecule has 0 radical (unpaired) electrons. The minimum atomic E-state index is -0.718. The molecule has 4 aliphatic heterocycles. The average molecular weight is 970 g/mol. The molecule has 4 saturated heterocycles. The molecule has 0 atom stereocenters. The van der Waals surface area contributed by atoms with Gasteiger partial charge in [-0.1, -0.05) is 0 Å². The number of nitrogens with zero attached hydrogens (tertiary/aromatic N) is 10. The zero-order valence-electron chi connectivity index (χ0n) is 35.6. The number of nitrogens with one attached hydrogen (secondary N) is 1. The Bertz CT molecular complexity index is 2550. The number of ether oxygens (including phenoxy) is 2. The second-order valence-corrected chi connectivity index (χ2v) is 16.9. The average Bonchev–Trinajstić information content (AvgIpc) is 3.89. The monoisotopic (exact) mass is 968 g/mol. The minimum absolute atomic E-state index is 0.0506. The Hall–Kier alpha value is -5.74. The highest BCUT2D eigenvalue weighted by molar-refractivity contribution is 9.10. The van der Waals surface area contributed by atoms with E-state index in [2.05, 4.69) is 56.1 Å². The van der Waals surface area contributed by atoms with Crippen LogP contribution in [0.4, 0.5) is 55.3 Å². The molecule has 21 heteroatoms. The summed E-state index contributed by atoms with van der Waals surface area (Å²) in [4.78, 5) is 16.8. The normalized spacial score (nSPS) is 17.1. The molecule has 6 heterocycles. The van der Waals surface area contributed by atoms with Crippen molar-refractivity contribution in [3.63, 3.8) is 0 Å². The van der Waals surface area contributed by atoms with Crippen molar-refractivity contribution in [2.24, 2.45) is 0 Å². The van der Waals surface area contributed by atoms with Gasteiger partial charge >= 0.3 is 0 Å². The maximum absolute atomic E-state index is 15.4. The van der Waals surface area contributed by atoms with Gasteiger partial charge in [-0.2, -0.15) is 4.98 Å². The smallest absolute Gasteiger partial charge is 0.247 e. The maximum Gasteiger partial charge on any atom is 0.247 e. The molecule has 65 heavy (non-hydrogen) atoms. The van der Waals surface area contributed by atoms with Gasteiger partial charge in [0.05, 0.1) is 71.4 Å². The molecule has 0 bridgehead atoms. The third-order valence-corrected chi connectivity index (χ3v) is 12.0. The predicted octanol–water partition coefficient (Wildman–Crippen LogP) is 6.80. The third kappa shape index (κ3) is 11.2. The molecule has 0 saturated carbocycles. The van der Waals surface area contributed by atoms with E-state index in [4.69, 9.17) is 15.2 Å². The first kappa shape index (κ1) is 45.8. The fourth-order valence-corrected chi connectivity index (χ4v) is 8.40. The Labute approximate surface area is 379 Å². The van der Waals surface area contributed by atoms with E-state index in [1.165, 1.54) is 22.0 Å². The van der Waals surface area contributed by atoms with Gasteiger partial charge in [0.25, 0.3) is 0 Å². The van der Waals surface area contributed by atoms with Crippen molar-refractivity contribution in [2.45, 2.75) is 25.9 Å². The maximum atomic E-state index is 15.4. The number of aryl methyl sites for hydroxylation is 2. The first-order valence-corrected chi connectivity index (χ1v) is 21.7. The van der Waals surface area contributed by atoms with Crippen molar-refractivity contribution >= 4 is 44.9 Å². The van der Waals surface area contributed by atoms with Crippen molar-refractivity contribution < 1.29 is 35.8 Å². The highest BCUT2D eigenvalue weighted by Gasteiger charge is 2.31. The first-order chi connectivity index (χ1) is 31.3. The lowest BCUT2D eigenvalue weighted by Gasteiger charge is -2.43. The van der Waals surface area contributed by atoms with Crippen molar-refractivity contribution in [1.82, 2.24) is 39.3 Å². The lowest BCUT2D eigenvalue weighted by molar-refractivity contribution is -0.0661. The number of piperazine rings is 2. The summed E-state index contributed by atoms with van der Waals surface area (Å²) in [5.41, 5.74) is 9.16. The molecule has 10 rings (SSSR count). The fourth-order valence-electron chi connectivity index (χ4n) is 7.84. The second-order valence-electron chi connectivity index (χ2n) is 16.1. The van der Waals surface area contributed by atoms with E-state index in [0.29, 0.717) is 22.2 Å². The van der Waals surface area contributed by atoms with Gasteiger partial charge in [0.15, 0.2) is 11.6 Å². The number of anilines is 5. The van der Waals surface area contributed by atoms with Crippen LogP contribution in [0, 0.1) is 48.8 Å². The van der Waals surface area contributed by atoms with E-state index in [1.54, 1.807) is 6.07 Å². The van der Waals surface area contributed by atoms with Crippen LogP contribution in [0.15, 0.2) is 77.8 Å². The van der Waals surface area contributed by atoms with Crippen molar-refractivity contribution in [3.8, 4) is 11.4 Å². The minimum Gasteiger partial charge on any atom is -0.378 e. The molecule has 14 nitrogen and oxygen atoms in total. The largest absolute Gasteiger partial charge is 0.378 e. The molecule has 3 N–H and O–H groups in total. The van der Waals surface area contributed by atoms with Crippen LogP contribution in [0.5, 0.6) is 0 Å². The summed E-state index contributed by atoms with van der Waals surface area (Å²) in [6, 6.07) is 14.4. The number of hydrogen-bond donors (Lipinski definition) is 2. The van der Waals surface area contributed by atoms with Gasteiger partial charge in [0, 0.05) is 64.5 Å². The Kier molecular flexibility index (Phi) is 14.2. The van der Waals surface area contributed by atoms with Gasteiger partial charge in [-0.05, 0) is 89.4 Å². The fraction of sp³-hybridized carbons (Fsp3) is 0.364. The van der Waals surface area contributed by atoms with Crippen LogP contribution in [0.1, 0.15) is 11.1 Å². The summed E-state index contributed by atoms with van der Waals surface area (Å²) in [7, 11) is 0.